The van der Waals surface area contributed by atoms with Gasteiger partial charge in [-0.1, -0.05) is 46.8 Å². The summed E-state index contributed by atoms with van der Waals surface area (Å²) in [6.07, 6.45) is 1.83. The quantitative estimate of drug-likeness (QED) is 0.655. The summed E-state index contributed by atoms with van der Waals surface area (Å²) in [5.74, 6) is -3.40. The minimum absolute atomic E-state index is 0.0167. The molecule has 0 radical (unpaired) electrons. The third-order valence-electron chi connectivity index (χ3n) is 6.78. The van der Waals surface area contributed by atoms with E-state index in [1.165, 1.54) is 16.2 Å². The number of fused-ring (bicyclic) bond motifs is 1. The summed E-state index contributed by atoms with van der Waals surface area (Å²) >= 11 is 1.32. The van der Waals surface area contributed by atoms with Crippen molar-refractivity contribution in [2.45, 2.75) is 58.0 Å². The summed E-state index contributed by atoms with van der Waals surface area (Å²) in [5.41, 5.74) is -0.181. The van der Waals surface area contributed by atoms with Crippen molar-refractivity contribution >= 4 is 29.2 Å². The second-order valence-corrected chi connectivity index (χ2v) is 11.3. The van der Waals surface area contributed by atoms with Gasteiger partial charge < -0.3 is 14.7 Å². The van der Waals surface area contributed by atoms with Crippen LogP contribution in [-0.2, 0) is 19.7 Å². The maximum Gasteiger partial charge on any atom is 0.330 e. The first-order valence-corrected chi connectivity index (χ1v) is 12.1. The molecule has 2 aromatic rings. The Bertz CT molecular complexity index is 1060. The summed E-state index contributed by atoms with van der Waals surface area (Å²) in [6.45, 7) is 10.1. The molecule has 2 saturated heterocycles. The van der Waals surface area contributed by atoms with Gasteiger partial charge in [-0.15, -0.1) is 11.3 Å². The second kappa shape index (κ2) is 8.24. The van der Waals surface area contributed by atoms with Crippen molar-refractivity contribution in [3.63, 3.8) is 0 Å². The molecule has 1 aromatic carbocycles. The lowest BCUT2D eigenvalue weighted by atomic mass is 9.75. The fraction of sp³-hybridized carbons (Fsp3) is 0.520. The zero-order valence-electron chi connectivity index (χ0n) is 19.6. The number of rotatable bonds is 5. The summed E-state index contributed by atoms with van der Waals surface area (Å²) < 4.78 is 5.36. The van der Waals surface area contributed by atoms with Gasteiger partial charge in [0.1, 0.15) is 10.5 Å². The van der Waals surface area contributed by atoms with Crippen LogP contribution in [0.1, 0.15) is 68.0 Å². The number of amides is 1. The molecule has 176 valence electrons. The maximum atomic E-state index is 14.0. The number of aromatic nitrogens is 1. The molecule has 1 amide bonds. The number of ether oxygens (including phenoxy) is 1. The number of carbonyl (C=O) groups is 3. The lowest BCUT2D eigenvalue weighted by Crippen LogP contribution is -2.58. The van der Waals surface area contributed by atoms with Crippen LogP contribution in [0.4, 0.5) is 0 Å². The van der Waals surface area contributed by atoms with Gasteiger partial charge in [-0.05, 0) is 35.4 Å². The van der Waals surface area contributed by atoms with Gasteiger partial charge in [0.2, 0.25) is 0 Å². The Kier molecular flexibility index (Phi) is 5.85. The Hall–Kier alpha value is -2.74. The number of aliphatic carboxylic acids is 1. The highest BCUT2D eigenvalue weighted by molar-refractivity contribution is 7.09. The molecule has 0 bridgehead atoms. The minimum atomic E-state index is -1.57. The molecule has 2 unspecified atom stereocenters. The lowest BCUT2D eigenvalue weighted by molar-refractivity contribution is -0.154. The van der Waals surface area contributed by atoms with E-state index in [0.717, 1.165) is 5.56 Å². The Labute approximate surface area is 197 Å². The Morgan fingerprint density at radius 2 is 1.94 bits per heavy atom. The summed E-state index contributed by atoms with van der Waals surface area (Å²) in [6, 6.07) is 6.52. The number of esters is 1. The predicted molar refractivity (Wildman–Crippen MR) is 124 cm³/mol. The third kappa shape index (κ3) is 3.74. The molecule has 4 rings (SSSR count). The molecular formula is C25H30N2O5S. The van der Waals surface area contributed by atoms with Crippen LogP contribution in [0.5, 0.6) is 0 Å². The van der Waals surface area contributed by atoms with Crippen molar-refractivity contribution in [3.8, 4) is 0 Å². The molecule has 8 heteroatoms. The number of cyclic esters (lactones) is 1. The van der Waals surface area contributed by atoms with Gasteiger partial charge in [0.25, 0.3) is 5.91 Å². The molecule has 2 aliphatic heterocycles. The number of carboxylic acid groups (broad SMARTS) is 1. The van der Waals surface area contributed by atoms with E-state index in [4.69, 9.17) is 4.74 Å². The molecule has 4 atom stereocenters. The monoisotopic (exact) mass is 470 g/mol. The van der Waals surface area contributed by atoms with Gasteiger partial charge in [-0.25, -0.2) is 9.78 Å². The SMILES string of the molecule is CC(C)C[C@@]1(C(=O)O)C2COC(=O)C2[C@H](c2nccs2)N1C(=O)c1ccc(C(C)(C)C)cc1. The van der Waals surface area contributed by atoms with E-state index in [-0.39, 0.29) is 24.4 Å². The molecule has 2 fully saturated rings. The van der Waals surface area contributed by atoms with Crippen LogP contribution in [0, 0.1) is 17.8 Å². The number of benzene rings is 1. The van der Waals surface area contributed by atoms with Crippen LogP contribution in [0.25, 0.3) is 0 Å². The normalized spacial score (nSPS) is 27.0. The largest absolute Gasteiger partial charge is 0.479 e. The molecule has 1 N–H and O–H groups in total. The first kappa shape index (κ1) is 23.4. The average Bonchev–Trinajstić information content (AvgIpc) is 3.44. The van der Waals surface area contributed by atoms with Gasteiger partial charge in [0, 0.05) is 23.1 Å². The van der Waals surface area contributed by atoms with Crippen molar-refractivity contribution in [2.75, 3.05) is 6.61 Å². The number of likely N-dealkylation sites (tertiary alicyclic amines) is 1. The first-order valence-electron chi connectivity index (χ1n) is 11.2. The fourth-order valence-electron chi connectivity index (χ4n) is 5.33. The number of hydrogen-bond donors (Lipinski definition) is 1. The summed E-state index contributed by atoms with van der Waals surface area (Å²) in [4.78, 5) is 45.7. The van der Waals surface area contributed by atoms with Crippen LogP contribution >= 0.6 is 11.3 Å². The van der Waals surface area contributed by atoms with Crippen LogP contribution < -0.4 is 0 Å². The summed E-state index contributed by atoms with van der Waals surface area (Å²) in [5, 5.41) is 12.9. The molecule has 0 spiro atoms. The average molecular weight is 471 g/mol. The predicted octanol–water partition coefficient (Wildman–Crippen LogP) is 4.30. The molecule has 0 aliphatic carbocycles. The molecule has 1 aromatic heterocycles. The highest BCUT2D eigenvalue weighted by atomic mass is 32.1. The molecule has 7 nitrogen and oxygen atoms in total. The number of thiazole rings is 1. The van der Waals surface area contributed by atoms with E-state index in [1.54, 1.807) is 23.7 Å². The van der Waals surface area contributed by atoms with Crippen LogP contribution in [0.2, 0.25) is 0 Å². The van der Waals surface area contributed by atoms with E-state index in [2.05, 4.69) is 25.8 Å². The van der Waals surface area contributed by atoms with Crippen molar-refractivity contribution in [1.82, 2.24) is 9.88 Å². The van der Waals surface area contributed by atoms with Crippen molar-refractivity contribution in [1.29, 1.82) is 0 Å². The smallest absolute Gasteiger partial charge is 0.330 e. The Morgan fingerprint density at radius 3 is 2.45 bits per heavy atom. The molecule has 33 heavy (non-hydrogen) atoms. The highest BCUT2D eigenvalue weighted by Crippen LogP contribution is 2.56. The van der Waals surface area contributed by atoms with Crippen LogP contribution in [0.15, 0.2) is 35.8 Å². The van der Waals surface area contributed by atoms with E-state index in [0.29, 0.717) is 10.6 Å². The second-order valence-electron chi connectivity index (χ2n) is 10.4. The zero-order valence-corrected chi connectivity index (χ0v) is 20.4. The first-order chi connectivity index (χ1) is 15.5. The number of hydrogen-bond acceptors (Lipinski definition) is 6. The van der Waals surface area contributed by atoms with Crippen molar-refractivity contribution in [2.24, 2.45) is 17.8 Å². The van der Waals surface area contributed by atoms with Crippen LogP contribution in [-0.4, -0.2) is 45.0 Å². The standard InChI is InChI=1S/C25H30N2O5S/c1-14(2)12-25(23(30)31)17-13-32-22(29)18(17)19(20-26-10-11-33-20)27(25)21(28)15-6-8-16(9-7-15)24(3,4)5/h6-11,14,17-19H,12-13H2,1-5H3,(H,30,31)/t17?,18?,19-,25+/m1/s1. The van der Waals surface area contributed by atoms with E-state index in [9.17, 15) is 19.5 Å². The molecule has 3 heterocycles. The summed E-state index contributed by atoms with van der Waals surface area (Å²) in [7, 11) is 0. The maximum absolute atomic E-state index is 14.0. The van der Waals surface area contributed by atoms with E-state index in [1.807, 2.05) is 26.0 Å². The van der Waals surface area contributed by atoms with Gasteiger partial charge in [0.15, 0.2) is 0 Å². The number of nitrogens with zero attached hydrogens (tertiary/aromatic N) is 2. The van der Waals surface area contributed by atoms with E-state index < -0.39 is 41.3 Å². The number of carboxylic acids is 1. The minimum Gasteiger partial charge on any atom is -0.479 e. The molecule has 0 saturated carbocycles. The van der Waals surface area contributed by atoms with Gasteiger partial charge >= 0.3 is 11.9 Å². The topological polar surface area (TPSA) is 96.8 Å². The van der Waals surface area contributed by atoms with Crippen molar-refractivity contribution < 1.29 is 24.2 Å². The lowest BCUT2D eigenvalue weighted by Gasteiger charge is -2.41. The van der Waals surface area contributed by atoms with Crippen molar-refractivity contribution in [3.05, 3.63) is 52.0 Å². The van der Waals surface area contributed by atoms with Gasteiger partial charge in [-0.3, -0.25) is 9.59 Å². The van der Waals surface area contributed by atoms with Gasteiger partial charge in [-0.2, -0.15) is 0 Å². The highest BCUT2D eigenvalue weighted by Gasteiger charge is 2.70. The molecular weight excluding hydrogens is 440 g/mol. The Morgan fingerprint density at radius 1 is 1.27 bits per heavy atom. The molecule has 2 aliphatic rings. The zero-order chi connectivity index (χ0) is 24.1. The Balaban J connectivity index is 1.89. The van der Waals surface area contributed by atoms with Crippen LogP contribution in [0.3, 0.4) is 0 Å². The fourth-order valence-corrected chi connectivity index (χ4v) is 6.11. The van der Waals surface area contributed by atoms with E-state index >= 15 is 0 Å². The third-order valence-corrected chi connectivity index (χ3v) is 7.63. The number of carbonyl (C=O) groups excluding carboxylic acids is 2. The van der Waals surface area contributed by atoms with Gasteiger partial charge in [0.05, 0.1) is 18.6 Å².